The molecule has 1 fully saturated rings. The van der Waals surface area contributed by atoms with Gasteiger partial charge in [-0.1, -0.05) is 23.8 Å². The van der Waals surface area contributed by atoms with E-state index in [9.17, 15) is 0 Å². The Morgan fingerprint density at radius 2 is 1.88 bits per heavy atom. The predicted molar refractivity (Wildman–Crippen MR) is 73.0 cm³/mol. The van der Waals surface area contributed by atoms with E-state index in [1.54, 1.807) is 0 Å². The minimum absolute atomic E-state index is 0.0537. The standard InChI is InChI=1S/C15H24N2/c1-12-4-5-13(2)14(10-12)11-17-8-6-15(3,16)7-9-17/h4-5,10H,6-9,11,16H2,1-3H3. The average Bonchev–Trinajstić information content (AvgIpc) is 2.26. The van der Waals surface area contributed by atoms with Crippen molar-refractivity contribution in [1.82, 2.24) is 4.90 Å². The van der Waals surface area contributed by atoms with Gasteiger partial charge in [0.1, 0.15) is 0 Å². The van der Waals surface area contributed by atoms with E-state index in [2.05, 4.69) is 43.9 Å². The second kappa shape index (κ2) is 4.79. The summed E-state index contributed by atoms with van der Waals surface area (Å²) in [5.74, 6) is 0. The molecule has 0 atom stereocenters. The molecule has 0 aliphatic carbocycles. The van der Waals surface area contributed by atoms with Gasteiger partial charge in [-0.15, -0.1) is 0 Å². The van der Waals surface area contributed by atoms with Crippen LogP contribution in [0, 0.1) is 13.8 Å². The smallest absolute Gasteiger partial charge is 0.0236 e. The number of aryl methyl sites for hydroxylation is 2. The molecule has 94 valence electrons. The van der Waals surface area contributed by atoms with E-state index in [0.717, 1.165) is 32.5 Å². The predicted octanol–water partition coefficient (Wildman–Crippen LogP) is 2.62. The molecular formula is C15H24N2. The molecule has 1 aromatic carbocycles. The first-order valence-corrected chi connectivity index (χ1v) is 6.54. The minimum Gasteiger partial charge on any atom is -0.325 e. The van der Waals surface area contributed by atoms with Gasteiger partial charge in [-0.25, -0.2) is 0 Å². The summed E-state index contributed by atoms with van der Waals surface area (Å²) in [5, 5.41) is 0. The van der Waals surface area contributed by atoms with E-state index in [4.69, 9.17) is 5.73 Å². The maximum absolute atomic E-state index is 6.16. The molecule has 1 aliphatic heterocycles. The van der Waals surface area contributed by atoms with Crippen LogP contribution in [0.4, 0.5) is 0 Å². The van der Waals surface area contributed by atoms with Crippen molar-refractivity contribution >= 4 is 0 Å². The van der Waals surface area contributed by atoms with Crippen molar-refractivity contribution in [1.29, 1.82) is 0 Å². The van der Waals surface area contributed by atoms with E-state index in [1.165, 1.54) is 16.7 Å². The quantitative estimate of drug-likeness (QED) is 0.849. The molecular weight excluding hydrogens is 208 g/mol. The van der Waals surface area contributed by atoms with Crippen molar-refractivity contribution in [2.45, 2.75) is 45.7 Å². The monoisotopic (exact) mass is 232 g/mol. The van der Waals surface area contributed by atoms with Crippen molar-refractivity contribution in [2.75, 3.05) is 13.1 Å². The average molecular weight is 232 g/mol. The van der Waals surface area contributed by atoms with E-state index in [0.29, 0.717) is 0 Å². The van der Waals surface area contributed by atoms with Gasteiger partial charge in [-0.3, -0.25) is 4.90 Å². The third-order valence-corrected chi connectivity index (χ3v) is 3.90. The molecule has 0 unspecified atom stereocenters. The van der Waals surface area contributed by atoms with E-state index in [1.807, 2.05) is 0 Å². The number of nitrogens with two attached hydrogens (primary N) is 1. The van der Waals surface area contributed by atoms with Crippen molar-refractivity contribution in [3.05, 3.63) is 34.9 Å². The van der Waals surface area contributed by atoms with Crippen LogP contribution in [-0.2, 0) is 6.54 Å². The maximum Gasteiger partial charge on any atom is 0.0236 e. The SMILES string of the molecule is Cc1ccc(C)c(CN2CCC(C)(N)CC2)c1. The number of piperidine rings is 1. The van der Waals surface area contributed by atoms with Crippen LogP contribution < -0.4 is 5.73 Å². The first kappa shape index (κ1) is 12.6. The lowest BCUT2D eigenvalue weighted by atomic mass is 9.90. The topological polar surface area (TPSA) is 29.3 Å². The molecule has 1 aromatic rings. The number of nitrogens with zero attached hydrogens (tertiary/aromatic N) is 1. The number of rotatable bonds is 2. The minimum atomic E-state index is 0.0537. The zero-order chi connectivity index (χ0) is 12.5. The van der Waals surface area contributed by atoms with Gasteiger partial charge in [-0.2, -0.15) is 0 Å². The summed E-state index contributed by atoms with van der Waals surface area (Å²) in [6, 6.07) is 6.72. The molecule has 0 amide bonds. The largest absolute Gasteiger partial charge is 0.325 e. The van der Waals surface area contributed by atoms with Crippen LogP contribution in [0.1, 0.15) is 36.5 Å². The molecule has 2 rings (SSSR count). The highest BCUT2D eigenvalue weighted by molar-refractivity contribution is 5.30. The van der Waals surface area contributed by atoms with Gasteiger partial charge in [0, 0.05) is 25.2 Å². The highest BCUT2D eigenvalue weighted by Crippen LogP contribution is 2.21. The van der Waals surface area contributed by atoms with Gasteiger partial charge in [0.15, 0.2) is 0 Å². The third kappa shape index (κ3) is 3.30. The Kier molecular flexibility index (Phi) is 3.55. The molecule has 17 heavy (non-hydrogen) atoms. The van der Waals surface area contributed by atoms with Gasteiger partial charge in [0.05, 0.1) is 0 Å². The van der Waals surface area contributed by atoms with Crippen LogP contribution in [-0.4, -0.2) is 23.5 Å². The summed E-state index contributed by atoms with van der Waals surface area (Å²) in [6.07, 6.45) is 2.22. The highest BCUT2D eigenvalue weighted by atomic mass is 15.1. The zero-order valence-corrected chi connectivity index (χ0v) is 11.3. The van der Waals surface area contributed by atoms with Gasteiger partial charge < -0.3 is 5.73 Å². The number of hydrogen-bond donors (Lipinski definition) is 1. The summed E-state index contributed by atoms with van der Waals surface area (Å²) in [7, 11) is 0. The third-order valence-electron chi connectivity index (χ3n) is 3.90. The van der Waals surface area contributed by atoms with Crippen LogP contribution >= 0.6 is 0 Å². The summed E-state index contributed by atoms with van der Waals surface area (Å²) >= 11 is 0. The van der Waals surface area contributed by atoms with Gasteiger partial charge >= 0.3 is 0 Å². The Bertz CT molecular complexity index is 386. The summed E-state index contributed by atoms with van der Waals surface area (Å²) in [6.45, 7) is 9.86. The first-order valence-electron chi connectivity index (χ1n) is 6.54. The molecule has 1 aliphatic rings. The normalized spacial score (nSPS) is 20.5. The Morgan fingerprint density at radius 3 is 2.53 bits per heavy atom. The Labute approximate surface area is 105 Å². The summed E-state index contributed by atoms with van der Waals surface area (Å²) < 4.78 is 0. The molecule has 0 bridgehead atoms. The van der Waals surface area contributed by atoms with Crippen molar-refractivity contribution in [3.63, 3.8) is 0 Å². The maximum atomic E-state index is 6.16. The number of likely N-dealkylation sites (tertiary alicyclic amines) is 1. The van der Waals surface area contributed by atoms with Crippen molar-refractivity contribution in [2.24, 2.45) is 5.73 Å². The van der Waals surface area contributed by atoms with Crippen LogP contribution in [0.5, 0.6) is 0 Å². The molecule has 2 heteroatoms. The van der Waals surface area contributed by atoms with Gasteiger partial charge in [0.25, 0.3) is 0 Å². The highest BCUT2D eigenvalue weighted by Gasteiger charge is 2.25. The van der Waals surface area contributed by atoms with Crippen LogP contribution in [0.25, 0.3) is 0 Å². The molecule has 0 spiro atoms. The summed E-state index contributed by atoms with van der Waals surface area (Å²) in [5.41, 5.74) is 10.4. The number of hydrogen-bond acceptors (Lipinski definition) is 2. The lowest BCUT2D eigenvalue weighted by Gasteiger charge is -2.37. The molecule has 0 radical (unpaired) electrons. The first-order chi connectivity index (χ1) is 7.96. The lowest BCUT2D eigenvalue weighted by Crippen LogP contribution is -2.47. The Morgan fingerprint density at radius 1 is 1.24 bits per heavy atom. The van der Waals surface area contributed by atoms with Crippen LogP contribution in [0.3, 0.4) is 0 Å². The van der Waals surface area contributed by atoms with Crippen LogP contribution in [0.15, 0.2) is 18.2 Å². The van der Waals surface area contributed by atoms with E-state index < -0.39 is 0 Å². The fourth-order valence-electron chi connectivity index (χ4n) is 2.43. The fourth-order valence-corrected chi connectivity index (χ4v) is 2.43. The van der Waals surface area contributed by atoms with E-state index >= 15 is 0 Å². The molecule has 2 nitrogen and oxygen atoms in total. The number of benzene rings is 1. The van der Waals surface area contributed by atoms with Gasteiger partial charge in [0.2, 0.25) is 0 Å². The molecule has 1 saturated heterocycles. The van der Waals surface area contributed by atoms with Crippen molar-refractivity contribution < 1.29 is 0 Å². The molecule has 1 heterocycles. The Balaban J connectivity index is 2.00. The van der Waals surface area contributed by atoms with Gasteiger partial charge in [-0.05, 0) is 44.7 Å². The molecule has 0 saturated carbocycles. The second-order valence-electron chi connectivity index (χ2n) is 5.86. The zero-order valence-electron chi connectivity index (χ0n) is 11.3. The second-order valence-corrected chi connectivity index (χ2v) is 5.86. The lowest BCUT2D eigenvalue weighted by molar-refractivity contribution is 0.165. The van der Waals surface area contributed by atoms with E-state index in [-0.39, 0.29) is 5.54 Å². The molecule has 0 aromatic heterocycles. The van der Waals surface area contributed by atoms with Crippen LogP contribution in [0.2, 0.25) is 0 Å². The molecule has 2 N–H and O–H groups in total. The summed E-state index contributed by atoms with van der Waals surface area (Å²) in [4.78, 5) is 2.52. The van der Waals surface area contributed by atoms with Crippen molar-refractivity contribution in [3.8, 4) is 0 Å². The Hall–Kier alpha value is -0.860. The fraction of sp³-hybridized carbons (Fsp3) is 0.600.